The average molecular weight is 284 g/mol. The van der Waals surface area contributed by atoms with Gasteiger partial charge in [0.1, 0.15) is 0 Å². The molecule has 1 unspecified atom stereocenters. The monoisotopic (exact) mass is 284 g/mol. The van der Waals surface area contributed by atoms with Crippen molar-refractivity contribution in [3.63, 3.8) is 0 Å². The van der Waals surface area contributed by atoms with E-state index in [1.54, 1.807) is 0 Å². The first-order valence-electron chi connectivity index (χ1n) is 8.30. The zero-order chi connectivity index (χ0) is 15.1. The van der Waals surface area contributed by atoms with Gasteiger partial charge in [-0.1, -0.05) is 44.9 Å². The van der Waals surface area contributed by atoms with Crippen molar-refractivity contribution in [1.29, 1.82) is 0 Å². The summed E-state index contributed by atoms with van der Waals surface area (Å²) >= 11 is 0. The molecule has 0 saturated carbocycles. The highest BCUT2D eigenvalue weighted by Gasteiger charge is 2.19. The molecule has 2 rings (SSSR count). The molecule has 0 aliphatic heterocycles. The molecule has 1 atom stereocenters. The molecule has 114 valence electrons. The fourth-order valence-electron chi connectivity index (χ4n) is 3.36. The van der Waals surface area contributed by atoms with Gasteiger partial charge in [0.05, 0.1) is 5.52 Å². The van der Waals surface area contributed by atoms with Crippen molar-refractivity contribution in [2.24, 2.45) is 5.92 Å². The Hall–Kier alpha value is -1.41. The normalized spacial score (nSPS) is 13.0. The van der Waals surface area contributed by atoms with Crippen LogP contribution in [-0.2, 0) is 6.42 Å². The minimum atomic E-state index is 0.552. The Morgan fingerprint density at radius 1 is 1.05 bits per heavy atom. The first kappa shape index (κ1) is 16.0. The van der Waals surface area contributed by atoms with Crippen LogP contribution in [0.5, 0.6) is 0 Å². The van der Waals surface area contributed by atoms with Crippen molar-refractivity contribution in [3.05, 3.63) is 42.1 Å². The highest BCUT2D eigenvalue weighted by Crippen LogP contribution is 2.24. The lowest BCUT2D eigenvalue weighted by Gasteiger charge is -2.27. The van der Waals surface area contributed by atoms with Crippen LogP contribution < -0.4 is 5.32 Å². The predicted octanol–water partition coefficient (Wildman–Crippen LogP) is 4.58. The van der Waals surface area contributed by atoms with Crippen LogP contribution in [0.25, 0.3) is 10.9 Å². The SMILES string of the molecule is CCCC(CCC)C(Cc1ccnc2ccccc12)NC. The minimum absolute atomic E-state index is 0.552. The second-order valence-electron chi connectivity index (χ2n) is 5.92. The largest absolute Gasteiger partial charge is 0.316 e. The van der Waals surface area contributed by atoms with Gasteiger partial charge in [-0.15, -0.1) is 0 Å². The maximum absolute atomic E-state index is 4.47. The number of benzene rings is 1. The van der Waals surface area contributed by atoms with E-state index >= 15 is 0 Å². The number of para-hydroxylation sites is 1. The van der Waals surface area contributed by atoms with Gasteiger partial charge in [0, 0.05) is 17.6 Å². The van der Waals surface area contributed by atoms with Crippen molar-refractivity contribution >= 4 is 10.9 Å². The van der Waals surface area contributed by atoms with Crippen molar-refractivity contribution in [1.82, 2.24) is 10.3 Å². The van der Waals surface area contributed by atoms with Crippen LogP contribution in [0.15, 0.2) is 36.5 Å². The van der Waals surface area contributed by atoms with Crippen molar-refractivity contribution in [2.75, 3.05) is 7.05 Å². The first-order valence-corrected chi connectivity index (χ1v) is 8.30. The van der Waals surface area contributed by atoms with E-state index in [1.807, 2.05) is 6.20 Å². The number of nitrogens with one attached hydrogen (secondary N) is 1. The topological polar surface area (TPSA) is 24.9 Å². The summed E-state index contributed by atoms with van der Waals surface area (Å²) in [6.07, 6.45) is 8.17. The molecule has 0 spiro atoms. The van der Waals surface area contributed by atoms with Crippen molar-refractivity contribution in [3.8, 4) is 0 Å². The van der Waals surface area contributed by atoms with Gasteiger partial charge in [0.15, 0.2) is 0 Å². The van der Waals surface area contributed by atoms with E-state index in [-0.39, 0.29) is 0 Å². The van der Waals surface area contributed by atoms with E-state index in [9.17, 15) is 0 Å². The van der Waals surface area contributed by atoms with Crippen LogP contribution in [0.3, 0.4) is 0 Å². The molecule has 0 fully saturated rings. The van der Waals surface area contributed by atoms with Gasteiger partial charge in [-0.2, -0.15) is 0 Å². The highest BCUT2D eigenvalue weighted by molar-refractivity contribution is 5.81. The first-order chi connectivity index (χ1) is 10.3. The summed E-state index contributed by atoms with van der Waals surface area (Å²) in [4.78, 5) is 4.47. The maximum atomic E-state index is 4.47. The van der Waals surface area contributed by atoms with Crippen molar-refractivity contribution < 1.29 is 0 Å². The molecule has 1 heterocycles. The highest BCUT2D eigenvalue weighted by atomic mass is 14.9. The number of likely N-dealkylation sites (N-methyl/N-ethyl adjacent to an activating group) is 1. The Kier molecular flexibility index (Phi) is 6.19. The molecule has 2 nitrogen and oxygen atoms in total. The molecule has 0 aliphatic rings. The van der Waals surface area contributed by atoms with Crippen LogP contribution in [0.2, 0.25) is 0 Å². The Balaban J connectivity index is 2.23. The summed E-state index contributed by atoms with van der Waals surface area (Å²) in [7, 11) is 2.10. The Labute approximate surface area is 129 Å². The molecule has 0 radical (unpaired) electrons. The maximum Gasteiger partial charge on any atom is 0.0704 e. The zero-order valence-electron chi connectivity index (χ0n) is 13.6. The van der Waals surface area contributed by atoms with Crippen LogP contribution in [0, 0.1) is 5.92 Å². The molecule has 0 amide bonds. The average Bonchev–Trinajstić information content (AvgIpc) is 2.52. The summed E-state index contributed by atoms with van der Waals surface area (Å²) in [5.74, 6) is 0.761. The van der Waals surface area contributed by atoms with Crippen LogP contribution in [-0.4, -0.2) is 18.1 Å². The van der Waals surface area contributed by atoms with E-state index in [2.05, 4.69) is 61.5 Å². The molecule has 21 heavy (non-hydrogen) atoms. The number of nitrogens with zero attached hydrogens (tertiary/aromatic N) is 1. The van der Waals surface area contributed by atoms with Gasteiger partial charge in [-0.3, -0.25) is 4.98 Å². The second kappa shape index (κ2) is 8.14. The van der Waals surface area contributed by atoms with Gasteiger partial charge in [0.2, 0.25) is 0 Å². The molecule has 1 aromatic carbocycles. The molecule has 1 N–H and O–H groups in total. The van der Waals surface area contributed by atoms with Crippen LogP contribution in [0.4, 0.5) is 0 Å². The molecule has 0 saturated heterocycles. The summed E-state index contributed by atoms with van der Waals surface area (Å²) in [5.41, 5.74) is 2.52. The van der Waals surface area contributed by atoms with Gasteiger partial charge in [0.25, 0.3) is 0 Å². The number of hydrogen-bond donors (Lipinski definition) is 1. The Bertz CT molecular complexity index is 539. The summed E-state index contributed by atoms with van der Waals surface area (Å²) in [6.45, 7) is 4.58. The van der Waals surface area contributed by atoms with Gasteiger partial charge in [-0.25, -0.2) is 0 Å². The lowest BCUT2D eigenvalue weighted by molar-refractivity contribution is 0.323. The van der Waals surface area contributed by atoms with Crippen LogP contribution >= 0.6 is 0 Å². The van der Waals surface area contributed by atoms with E-state index in [0.717, 1.165) is 17.9 Å². The number of pyridine rings is 1. The van der Waals surface area contributed by atoms with Crippen molar-refractivity contribution in [2.45, 2.75) is 52.0 Å². The molecular formula is C19H28N2. The van der Waals surface area contributed by atoms with Gasteiger partial charge < -0.3 is 5.32 Å². The fraction of sp³-hybridized carbons (Fsp3) is 0.526. The minimum Gasteiger partial charge on any atom is -0.316 e. The summed E-state index contributed by atoms with van der Waals surface area (Å²) < 4.78 is 0. The quantitative estimate of drug-likeness (QED) is 0.767. The molecule has 2 heteroatoms. The third-order valence-corrected chi connectivity index (χ3v) is 4.44. The lowest BCUT2D eigenvalue weighted by Crippen LogP contribution is -2.35. The molecule has 0 bridgehead atoms. The molecule has 0 aliphatic carbocycles. The molecule has 2 aromatic rings. The number of rotatable bonds is 8. The van der Waals surface area contributed by atoms with E-state index in [1.165, 1.54) is 36.6 Å². The third-order valence-electron chi connectivity index (χ3n) is 4.44. The number of hydrogen-bond acceptors (Lipinski definition) is 2. The predicted molar refractivity (Wildman–Crippen MR) is 91.6 cm³/mol. The van der Waals surface area contributed by atoms with E-state index < -0.39 is 0 Å². The summed E-state index contributed by atoms with van der Waals surface area (Å²) in [6, 6.07) is 11.2. The zero-order valence-corrected chi connectivity index (χ0v) is 13.6. The third kappa shape index (κ3) is 4.04. The summed E-state index contributed by atoms with van der Waals surface area (Å²) in [5, 5.41) is 4.86. The van der Waals surface area contributed by atoms with Crippen LogP contribution in [0.1, 0.15) is 45.1 Å². The number of aromatic nitrogens is 1. The molecule has 1 aromatic heterocycles. The van der Waals surface area contributed by atoms with E-state index in [4.69, 9.17) is 0 Å². The number of fused-ring (bicyclic) bond motifs is 1. The molecular weight excluding hydrogens is 256 g/mol. The van der Waals surface area contributed by atoms with Gasteiger partial charge in [-0.05, 0) is 49.9 Å². The fourth-order valence-corrected chi connectivity index (χ4v) is 3.36. The van der Waals surface area contributed by atoms with Gasteiger partial charge >= 0.3 is 0 Å². The Morgan fingerprint density at radius 3 is 2.43 bits per heavy atom. The lowest BCUT2D eigenvalue weighted by atomic mass is 9.86. The Morgan fingerprint density at radius 2 is 1.76 bits per heavy atom. The standard InChI is InChI=1S/C19H28N2/c1-4-8-15(9-5-2)19(20-3)14-16-12-13-21-18-11-7-6-10-17(16)18/h6-7,10-13,15,19-20H,4-5,8-9,14H2,1-3H3. The smallest absolute Gasteiger partial charge is 0.0704 e. The second-order valence-corrected chi connectivity index (χ2v) is 5.92. The van der Waals surface area contributed by atoms with E-state index in [0.29, 0.717) is 6.04 Å².